The first-order valence-electron chi connectivity index (χ1n) is 5.60. The molecule has 0 amide bonds. The van der Waals surface area contributed by atoms with Gasteiger partial charge in [0.25, 0.3) is 0 Å². The maximum absolute atomic E-state index is 9.55. The zero-order valence-electron chi connectivity index (χ0n) is 10.0. The molecule has 2 aromatic carbocycles. The highest BCUT2D eigenvalue weighted by Gasteiger charge is 2.30. The summed E-state index contributed by atoms with van der Waals surface area (Å²) in [5, 5.41) is 10.1. The average molecular weight is 257 g/mol. The molecule has 0 fully saturated rings. The number of benzene rings is 2. The van der Waals surface area contributed by atoms with E-state index < -0.39 is 5.41 Å². The fourth-order valence-electron chi connectivity index (χ4n) is 1.99. The van der Waals surface area contributed by atoms with Crippen LogP contribution >= 0.6 is 11.6 Å². The Morgan fingerprint density at radius 1 is 1.17 bits per heavy atom. The molecule has 3 heteroatoms. The molecule has 1 unspecified atom stereocenters. The molecule has 0 spiro atoms. The summed E-state index contributed by atoms with van der Waals surface area (Å²) in [4.78, 5) is 0. The van der Waals surface area contributed by atoms with E-state index in [9.17, 15) is 5.26 Å². The van der Waals surface area contributed by atoms with Gasteiger partial charge in [-0.1, -0.05) is 48.0 Å². The Bertz CT molecular complexity index is 602. The minimum absolute atomic E-state index is 0.517. The van der Waals surface area contributed by atoms with Gasteiger partial charge in [0.05, 0.1) is 6.07 Å². The van der Waals surface area contributed by atoms with Crippen LogP contribution in [-0.2, 0) is 5.41 Å². The van der Waals surface area contributed by atoms with E-state index in [0.29, 0.717) is 10.7 Å². The molecule has 0 heterocycles. The Labute approximate surface area is 112 Å². The first-order valence-corrected chi connectivity index (χ1v) is 5.98. The Morgan fingerprint density at radius 2 is 1.83 bits per heavy atom. The predicted molar refractivity (Wildman–Crippen MR) is 74.4 cm³/mol. The second-order valence-corrected chi connectivity index (χ2v) is 4.75. The quantitative estimate of drug-likeness (QED) is 0.832. The molecule has 0 aliphatic heterocycles. The van der Waals surface area contributed by atoms with E-state index in [1.807, 2.05) is 43.3 Å². The molecule has 18 heavy (non-hydrogen) atoms. The van der Waals surface area contributed by atoms with Crippen LogP contribution in [0.5, 0.6) is 0 Å². The molecule has 0 bridgehead atoms. The van der Waals surface area contributed by atoms with Gasteiger partial charge < -0.3 is 5.73 Å². The smallest absolute Gasteiger partial charge is 0.106 e. The van der Waals surface area contributed by atoms with E-state index in [1.165, 1.54) is 0 Å². The van der Waals surface area contributed by atoms with Crippen LogP contribution < -0.4 is 5.73 Å². The molecule has 2 nitrogen and oxygen atoms in total. The van der Waals surface area contributed by atoms with Crippen LogP contribution in [-0.4, -0.2) is 0 Å². The van der Waals surface area contributed by atoms with Crippen LogP contribution in [0.1, 0.15) is 18.1 Å². The van der Waals surface area contributed by atoms with E-state index >= 15 is 0 Å². The lowest BCUT2D eigenvalue weighted by Crippen LogP contribution is -2.21. The Balaban J connectivity index is 2.62. The van der Waals surface area contributed by atoms with Crippen LogP contribution in [0.3, 0.4) is 0 Å². The van der Waals surface area contributed by atoms with Crippen molar-refractivity contribution >= 4 is 17.3 Å². The zero-order chi connectivity index (χ0) is 13.2. The third-order valence-corrected chi connectivity index (χ3v) is 3.42. The SMILES string of the molecule is CC(C#N)(c1ccccc1)c1ccc(N)cc1Cl. The highest BCUT2D eigenvalue weighted by molar-refractivity contribution is 6.31. The minimum atomic E-state index is -0.772. The number of nitrogen functional groups attached to an aromatic ring is 1. The van der Waals surface area contributed by atoms with E-state index in [0.717, 1.165) is 11.1 Å². The van der Waals surface area contributed by atoms with Crippen molar-refractivity contribution in [3.63, 3.8) is 0 Å². The maximum Gasteiger partial charge on any atom is 0.106 e. The van der Waals surface area contributed by atoms with Crippen molar-refractivity contribution in [1.29, 1.82) is 5.26 Å². The molecule has 2 N–H and O–H groups in total. The summed E-state index contributed by atoms with van der Waals surface area (Å²) in [6.45, 7) is 1.86. The largest absolute Gasteiger partial charge is 0.399 e. The van der Waals surface area contributed by atoms with Gasteiger partial charge in [-0.15, -0.1) is 0 Å². The van der Waals surface area contributed by atoms with Crippen molar-refractivity contribution in [2.24, 2.45) is 0 Å². The summed E-state index contributed by atoms with van der Waals surface area (Å²) in [6, 6.07) is 17.2. The number of halogens is 1. The van der Waals surface area contributed by atoms with Crippen LogP contribution in [0, 0.1) is 11.3 Å². The van der Waals surface area contributed by atoms with Crippen molar-refractivity contribution in [3.05, 3.63) is 64.7 Å². The third kappa shape index (κ3) is 2.05. The highest BCUT2D eigenvalue weighted by Crippen LogP contribution is 2.36. The topological polar surface area (TPSA) is 49.8 Å². The van der Waals surface area contributed by atoms with Gasteiger partial charge in [-0.05, 0) is 30.2 Å². The third-order valence-electron chi connectivity index (χ3n) is 3.11. The fourth-order valence-corrected chi connectivity index (χ4v) is 2.37. The lowest BCUT2D eigenvalue weighted by atomic mass is 9.77. The molecule has 0 aliphatic rings. The van der Waals surface area contributed by atoms with Gasteiger partial charge in [0.1, 0.15) is 5.41 Å². The second kappa shape index (κ2) is 4.72. The molecule has 0 radical (unpaired) electrons. The maximum atomic E-state index is 9.55. The highest BCUT2D eigenvalue weighted by atomic mass is 35.5. The van der Waals surface area contributed by atoms with Gasteiger partial charge in [0, 0.05) is 10.7 Å². The normalized spacial score (nSPS) is 13.6. The molecule has 0 saturated heterocycles. The van der Waals surface area contributed by atoms with Crippen LogP contribution in [0.25, 0.3) is 0 Å². The van der Waals surface area contributed by atoms with Crippen molar-refractivity contribution in [3.8, 4) is 6.07 Å². The molecular weight excluding hydrogens is 244 g/mol. The van der Waals surface area contributed by atoms with E-state index in [2.05, 4.69) is 6.07 Å². The standard InChI is InChI=1S/C15H13ClN2/c1-15(10-17,11-5-3-2-4-6-11)13-8-7-12(18)9-14(13)16/h2-9H,18H2,1H3. The number of nitrogens with zero attached hydrogens (tertiary/aromatic N) is 1. The van der Waals surface area contributed by atoms with Gasteiger partial charge >= 0.3 is 0 Å². The lowest BCUT2D eigenvalue weighted by molar-refractivity contribution is 0.741. The molecule has 0 aromatic heterocycles. The van der Waals surface area contributed by atoms with Gasteiger partial charge in [-0.25, -0.2) is 0 Å². The van der Waals surface area contributed by atoms with Crippen molar-refractivity contribution in [2.45, 2.75) is 12.3 Å². The number of anilines is 1. The molecule has 2 rings (SSSR count). The minimum Gasteiger partial charge on any atom is -0.399 e. The second-order valence-electron chi connectivity index (χ2n) is 4.34. The summed E-state index contributed by atoms with van der Waals surface area (Å²) < 4.78 is 0. The summed E-state index contributed by atoms with van der Waals surface area (Å²) >= 11 is 6.21. The first kappa shape index (κ1) is 12.5. The fraction of sp³-hybridized carbons (Fsp3) is 0.133. The number of nitrogens with two attached hydrogens (primary N) is 1. The monoisotopic (exact) mass is 256 g/mol. The molecule has 90 valence electrons. The van der Waals surface area contributed by atoms with Crippen LogP contribution in [0.4, 0.5) is 5.69 Å². The van der Waals surface area contributed by atoms with Gasteiger partial charge in [-0.2, -0.15) is 5.26 Å². The Hall–Kier alpha value is -1.98. The molecule has 1 atom stereocenters. The average Bonchev–Trinajstić information content (AvgIpc) is 2.39. The Morgan fingerprint density at radius 3 is 2.39 bits per heavy atom. The van der Waals surface area contributed by atoms with Crippen LogP contribution in [0.15, 0.2) is 48.5 Å². The number of nitriles is 1. The van der Waals surface area contributed by atoms with Crippen LogP contribution in [0.2, 0.25) is 5.02 Å². The molecule has 0 saturated carbocycles. The number of rotatable bonds is 2. The van der Waals surface area contributed by atoms with Crippen molar-refractivity contribution < 1.29 is 0 Å². The Kier molecular flexibility index (Phi) is 3.27. The summed E-state index contributed by atoms with van der Waals surface area (Å²) in [5.41, 5.74) is 7.19. The first-order chi connectivity index (χ1) is 8.58. The number of hydrogen-bond acceptors (Lipinski definition) is 2. The van der Waals surface area contributed by atoms with Crippen molar-refractivity contribution in [2.75, 3.05) is 5.73 Å². The molecule has 0 aliphatic carbocycles. The zero-order valence-corrected chi connectivity index (χ0v) is 10.8. The van der Waals surface area contributed by atoms with Gasteiger partial charge in [-0.3, -0.25) is 0 Å². The van der Waals surface area contributed by atoms with E-state index in [1.54, 1.807) is 12.1 Å². The summed E-state index contributed by atoms with van der Waals surface area (Å²) in [6.07, 6.45) is 0. The van der Waals surface area contributed by atoms with Crippen molar-refractivity contribution in [1.82, 2.24) is 0 Å². The van der Waals surface area contributed by atoms with E-state index in [-0.39, 0.29) is 0 Å². The molecular formula is C15H13ClN2. The summed E-state index contributed by atoms with van der Waals surface area (Å²) in [5.74, 6) is 0. The predicted octanol–water partition coefficient (Wildman–Crippen LogP) is 3.75. The van der Waals surface area contributed by atoms with E-state index in [4.69, 9.17) is 17.3 Å². The summed E-state index contributed by atoms with van der Waals surface area (Å²) in [7, 11) is 0. The van der Waals surface area contributed by atoms with Gasteiger partial charge in [0.2, 0.25) is 0 Å². The van der Waals surface area contributed by atoms with Gasteiger partial charge in [0.15, 0.2) is 0 Å². The lowest BCUT2D eigenvalue weighted by Gasteiger charge is -2.24. The number of hydrogen-bond donors (Lipinski definition) is 1. The molecule has 2 aromatic rings.